The second-order valence-electron chi connectivity index (χ2n) is 3.69. The van der Waals surface area contributed by atoms with Crippen molar-refractivity contribution in [1.82, 2.24) is 14.6 Å². The second-order valence-corrected chi connectivity index (χ2v) is 4.51. The molecule has 0 saturated carbocycles. The van der Waals surface area contributed by atoms with Crippen LogP contribution < -0.4 is 0 Å². The van der Waals surface area contributed by atoms with Crippen LogP contribution in [0.25, 0.3) is 16.9 Å². The van der Waals surface area contributed by atoms with Gasteiger partial charge in [0.25, 0.3) is 0 Å². The zero-order valence-corrected chi connectivity index (χ0v) is 10.5. The maximum Gasteiger partial charge on any atom is 0.154 e. The van der Waals surface area contributed by atoms with Crippen LogP contribution in [0.1, 0.15) is 0 Å². The van der Waals surface area contributed by atoms with E-state index < -0.39 is 11.6 Å². The van der Waals surface area contributed by atoms with Gasteiger partial charge in [-0.3, -0.25) is 0 Å². The molecule has 0 fully saturated rings. The van der Waals surface area contributed by atoms with Crippen LogP contribution in [0.15, 0.2) is 41.1 Å². The van der Waals surface area contributed by atoms with Gasteiger partial charge in [-0.15, -0.1) is 0 Å². The van der Waals surface area contributed by atoms with Crippen molar-refractivity contribution < 1.29 is 8.78 Å². The van der Waals surface area contributed by atoms with Crippen molar-refractivity contribution in [2.45, 2.75) is 0 Å². The standard InChI is InChI=1S/C12H6BrF2N3/c13-11-6-16-12-4-3-10(17-18(11)12)8-5-7(14)1-2-9(8)15/h1-6H. The third kappa shape index (κ3) is 1.78. The Kier molecular flexibility index (Phi) is 2.59. The maximum absolute atomic E-state index is 13.6. The number of benzene rings is 1. The highest BCUT2D eigenvalue weighted by atomic mass is 79.9. The van der Waals surface area contributed by atoms with Gasteiger partial charge in [0.05, 0.1) is 11.9 Å². The monoisotopic (exact) mass is 309 g/mol. The Bertz CT molecular complexity index is 739. The van der Waals surface area contributed by atoms with Gasteiger partial charge >= 0.3 is 0 Å². The number of hydrogen-bond donors (Lipinski definition) is 0. The van der Waals surface area contributed by atoms with Gasteiger partial charge in [-0.2, -0.15) is 5.10 Å². The third-order valence-electron chi connectivity index (χ3n) is 2.53. The minimum atomic E-state index is -0.514. The van der Waals surface area contributed by atoms with E-state index in [0.29, 0.717) is 15.9 Å². The van der Waals surface area contributed by atoms with Crippen LogP contribution in [0.3, 0.4) is 0 Å². The fourth-order valence-corrected chi connectivity index (χ4v) is 2.05. The van der Waals surface area contributed by atoms with Crippen LogP contribution in [0.4, 0.5) is 8.78 Å². The third-order valence-corrected chi connectivity index (χ3v) is 3.07. The van der Waals surface area contributed by atoms with Gasteiger partial charge in [0.15, 0.2) is 5.65 Å². The summed E-state index contributed by atoms with van der Waals surface area (Å²) >= 11 is 3.28. The molecule has 18 heavy (non-hydrogen) atoms. The fraction of sp³-hybridized carbons (Fsp3) is 0. The van der Waals surface area contributed by atoms with Crippen LogP contribution in [0.2, 0.25) is 0 Å². The predicted molar refractivity (Wildman–Crippen MR) is 66.0 cm³/mol. The zero-order chi connectivity index (χ0) is 12.7. The molecule has 0 N–H and O–H groups in total. The molecule has 0 spiro atoms. The Morgan fingerprint density at radius 3 is 2.78 bits per heavy atom. The molecule has 90 valence electrons. The summed E-state index contributed by atoms with van der Waals surface area (Å²) < 4.78 is 28.9. The first-order valence-electron chi connectivity index (χ1n) is 5.11. The van der Waals surface area contributed by atoms with Gasteiger partial charge in [0, 0.05) is 5.56 Å². The van der Waals surface area contributed by atoms with Crippen LogP contribution in [-0.2, 0) is 0 Å². The first-order valence-corrected chi connectivity index (χ1v) is 5.90. The number of rotatable bonds is 1. The molecule has 6 heteroatoms. The molecule has 1 aromatic carbocycles. The molecule has 0 aliphatic carbocycles. The van der Waals surface area contributed by atoms with Crippen molar-refractivity contribution in [1.29, 1.82) is 0 Å². The van der Waals surface area contributed by atoms with Gasteiger partial charge < -0.3 is 0 Å². The molecule has 0 aliphatic rings. The second kappa shape index (κ2) is 4.13. The molecule has 3 aromatic rings. The molecule has 2 heterocycles. The van der Waals surface area contributed by atoms with Crippen molar-refractivity contribution in [3.63, 3.8) is 0 Å². The van der Waals surface area contributed by atoms with Crippen LogP contribution in [0.5, 0.6) is 0 Å². The highest BCUT2D eigenvalue weighted by molar-refractivity contribution is 9.10. The summed E-state index contributed by atoms with van der Waals surface area (Å²) in [7, 11) is 0. The Labute approximate surface area is 109 Å². The van der Waals surface area contributed by atoms with E-state index in [4.69, 9.17) is 0 Å². The molecule has 3 rings (SSSR count). The van der Waals surface area contributed by atoms with Gasteiger partial charge in [-0.1, -0.05) is 0 Å². The lowest BCUT2D eigenvalue weighted by molar-refractivity contribution is 0.602. The van der Waals surface area contributed by atoms with Gasteiger partial charge in [-0.25, -0.2) is 18.3 Å². The molecule has 0 atom stereocenters. The minimum absolute atomic E-state index is 0.123. The molecule has 0 radical (unpaired) electrons. The van der Waals surface area contributed by atoms with E-state index in [1.54, 1.807) is 18.3 Å². The SMILES string of the molecule is Fc1ccc(F)c(-c2ccc3ncc(Br)n3n2)c1. The molecule has 2 aromatic heterocycles. The summed E-state index contributed by atoms with van der Waals surface area (Å²) in [6, 6.07) is 6.57. The average molecular weight is 310 g/mol. The Balaban J connectivity index is 2.24. The van der Waals surface area contributed by atoms with E-state index >= 15 is 0 Å². The van der Waals surface area contributed by atoms with E-state index in [1.807, 2.05) is 0 Å². The Morgan fingerprint density at radius 1 is 1.11 bits per heavy atom. The van der Waals surface area contributed by atoms with Crippen LogP contribution in [-0.4, -0.2) is 14.6 Å². The highest BCUT2D eigenvalue weighted by Crippen LogP contribution is 2.23. The lowest BCUT2D eigenvalue weighted by Crippen LogP contribution is -1.96. The molecular formula is C12H6BrF2N3. The minimum Gasteiger partial charge on any atom is -0.234 e. The summed E-state index contributed by atoms with van der Waals surface area (Å²) in [5.41, 5.74) is 1.10. The molecule has 0 unspecified atom stereocenters. The molecule has 0 saturated heterocycles. The average Bonchev–Trinajstić information content (AvgIpc) is 2.74. The smallest absolute Gasteiger partial charge is 0.154 e. The van der Waals surface area contributed by atoms with Crippen molar-refractivity contribution in [2.24, 2.45) is 0 Å². The van der Waals surface area contributed by atoms with Gasteiger partial charge in [0.2, 0.25) is 0 Å². The summed E-state index contributed by atoms with van der Waals surface area (Å²) in [5.74, 6) is -1.02. The summed E-state index contributed by atoms with van der Waals surface area (Å²) in [5, 5.41) is 4.21. The molecule has 0 bridgehead atoms. The lowest BCUT2D eigenvalue weighted by Gasteiger charge is -2.03. The van der Waals surface area contributed by atoms with E-state index in [1.165, 1.54) is 4.52 Å². The van der Waals surface area contributed by atoms with Gasteiger partial charge in [-0.05, 0) is 46.3 Å². The number of imidazole rings is 1. The zero-order valence-electron chi connectivity index (χ0n) is 8.94. The van der Waals surface area contributed by atoms with Crippen LogP contribution in [0, 0.1) is 11.6 Å². The maximum atomic E-state index is 13.6. The Hall–Kier alpha value is -1.82. The van der Waals surface area contributed by atoms with Crippen molar-refractivity contribution in [3.05, 3.63) is 52.8 Å². The predicted octanol–water partition coefficient (Wildman–Crippen LogP) is 3.44. The summed E-state index contributed by atoms with van der Waals surface area (Å²) in [6.07, 6.45) is 1.59. The fourth-order valence-electron chi connectivity index (χ4n) is 1.68. The first kappa shape index (κ1) is 11.3. The topological polar surface area (TPSA) is 30.2 Å². The molecule has 0 amide bonds. The molecule has 3 nitrogen and oxygen atoms in total. The van der Waals surface area contributed by atoms with Crippen LogP contribution >= 0.6 is 15.9 Å². The number of halogens is 3. The van der Waals surface area contributed by atoms with E-state index in [-0.39, 0.29) is 5.56 Å². The number of hydrogen-bond acceptors (Lipinski definition) is 2. The molecule has 0 aliphatic heterocycles. The first-order chi connectivity index (χ1) is 8.65. The number of nitrogens with zero attached hydrogens (tertiary/aromatic N) is 3. The van der Waals surface area contributed by atoms with Gasteiger partial charge in [0.1, 0.15) is 16.2 Å². The number of aromatic nitrogens is 3. The van der Waals surface area contributed by atoms with E-state index in [2.05, 4.69) is 26.0 Å². The summed E-state index contributed by atoms with van der Waals surface area (Å²) in [4.78, 5) is 4.08. The van der Waals surface area contributed by atoms with Crippen molar-refractivity contribution >= 4 is 21.6 Å². The number of fused-ring (bicyclic) bond motifs is 1. The quantitative estimate of drug-likeness (QED) is 0.689. The molecular weight excluding hydrogens is 304 g/mol. The Morgan fingerprint density at radius 2 is 1.94 bits per heavy atom. The van der Waals surface area contributed by atoms with Crippen molar-refractivity contribution in [2.75, 3.05) is 0 Å². The largest absolute Gasteiger partial charge is 0.234 e. The summed E-state index contributed by atoms with van der Waals surface area (Å²) in [6.45, 7) is 0. The normalized spacial score (nSPS) is 11.1. The van der Waals surface area contributed by atoms with E-state index in [0.717, 1.165) is 18.2 Å². The lowest BCUT2D eigenvalue weighted by atomic mass is 10.1. The van der Waals surface area contributed by atoms with Crippen molar-refractivity contribution in [3.8, 4) is 11.3 Å². The highest BCUT2D eigenvalue weighted by Gasteiger charge is 2.10. The van der Waals surface area contributed by atoms with E-state index in [9.17, 15) is 8.78 Å².